The van der Waals surface area contributed by atoms with Gasteiger partial charge in [0.05, 0.1) is 22.3 Å². The highest BCUT2D eigenvalue weighted by molar-refractivity contribution is 7.11. The second kappa shape index (κ2) is 8.61. The summed E-state index contributed by atoms with van der Waals surface area (Å²) in [7, 11) is 0. The number of nitrogens with zero attached hydrogens (tertiary/aromatic N) is 3. The van der Waals surface area contributed by atoms with E-state index in [0.717, 1.165) is 32.3 Å². The van der Waals surface area contributed by atoms with Gasteiger partial charge in [-0.15, -0.1) is 22.7 Å². The molecular formula is C15H20F3N5S2. The predicted octanol–water partition coefficient (Wildman–Crippen LogP) is 3.53. The normalized spacial score (nSPS) is 12.5. The van der Waals surface area contributed by atoms with Crippen LogP contribution in [-0.4, -0.2) is 29.0 Å². The first-order valence-electron chi connectivity index (χ1n) is 7.76. The molecule has 0 saturated carbocycles. The summed E-state index contributed by atoms with van der Waals surface area (Å²) in [5.41, 5.74) is 0.147. The minimum absolute atomic E-state index is 0.407. The number of rotatable bonds is 6. The summed E-state index contributed by atoms with van der Waals surface area (Å²) in [6.45, 7) is 7.53. The van der Waals surface area contributed by atoms with Gasteiger partial charge in [-0.25, -0.2) is 15.0 Å². The van der Waals surface area contributed by atoms with Gasteiger partial charge in [-0.05, 0) is 20.8 Å². The number of hydrogen-bond acceptors (Lipinski definition) is 5. The third-order valence-electron chi connectivity index (χ3n) is 3.20. The quantitative estimate of drug-likeness (QED) is 0.584. The molecule has 10 heteroatoms. The molecule has 0 fully saturated rings. The van der Waals surface area contributed by atoms with E-state index in [-0.39, 0.29) is 0 Å². The number of hydrogen-bond donors (Lipinski definition) is 2. The molecule has 0 unspecified atom stereocenters. The standard InChI is InChI=1S/C15H20F3N5S2/c1-4-19-14(21-7-11-9(2)22-10(3)25-11)20-6-5-13-23-12(8-24-13)15(16,17)18/h8H,4-7H2,1-3H3,(H2,19,20,21). The molecule has 2 aromatic heterocycles. The summed E-state index contributed by atoms with van der Waals surface area (Å²) >= 11 is 2.63. The Balaban J connectivity index is 1.89. The van der Waals surface area contributed by atoms with E-state index < -0.39 is 11.9 Å². The molecule has 138 valence electrons. The van der Waals surface area contributed by atoms with E-state index in [1.165, 1.54) is 0 Å². The summed E-state index contributed by atoms with van der Waals surface area (Å²) < 4.78 is 37.6. The highest BCUT2D eigenvalue weighted by atomic mass is 32.1. The number of guanidine groups is 1. The van der Waals surface area contributed by atoms with Gasteiger partial charge < -0.3 is 10.6 Å². The van der Waals surface area contributed by atoms with Crippen LogP contribution in [0.2, 0.25) is 0 Å². The minimum atomic E-state index is -4.39. The van der Waals surface area contributed by atoms with Gasteiger partial charge in [0.2, 0.25) is 0 Å². The smallest absolute Gasteiger partial charge is 0.357 e. The molecule has 0 spiro atoms. The van der Waals surface area contributed by atoms with Crippen LogP contribution in [0.25, 0.3) is 0 Å². The zero-order valence-electron chi connectivity index (χ0n) is 14.2. The van der Waals surface area contributed by atoms with Crippen molar-refractivity contribution in [3.63, 3.8) is 0 Å². The summed E-state index contributed by atoms with van der Waals surface area (Å²) in [5.74, 6) is 0.626. The lowest BCUT2D eigenvalue weighted by Gasteiger charge is -2.10. The molecule has 0 aliphatic heterocycles. The number of aryl methyl sites for hydroxylation is 2. The molecule has 2 N–H and O–H groups in total. The maximum Gasteiger partial charge on any atom is 0.434 e. The van der Waals surface area contributed by atoms with E-state index in [2.05, 4.69) is 25.6 Å². The zero-order chi connectivity index (χ0) is 18.4. The van der Waals surface area contributed by atoms with Gasteiger partial charge in [-0.1, -0.05) is 0 Å². The fourth-order valence-electron chi connectivity index (χ4n) is 2.06. The van der Waals surface area contributed by atoms with Crippen LogP contribution in [0.1, 0.15) is 33.2 Å². The monoisotopic (exact) mass is 391 g/mol. The predicted molar refractivity (Wildman–Crippen MR) is 95.2 cm³/mol. The van der Waals surface area contributed by atoms with E-state index in [1.807, 2.05) is 20.8 Å². The van der Waals surface area contributed by atoms with Crippen molar-refractivity contribution in [1.29, 1.82) is 0 Å². The van der Waals surface area contributed by atoms with Crippen molar-refractivity contribution in [2.75, 3.05) is 13.1 Å². The van der Waals surface area contributed by atoms with Gasteiger partial charge in [-0.3, -0.25) is 0 Å². The average molecular weight is 391 g/mol. The lowest BCUT2D eigenvalue weighted by atomic mass is 10.4. The molecule has 2 heterocycles. The van der Waals surface area contributed by atoms with Gasteiger partial charge in [0.25, 0.3) is 0 Å². The number of aromatic nitrogens is 2. The van der Waals surface area contributed by atoms with E-state index in [4.69, 9.17) is 0 Å². The fourth-order valence-corrected chi connectivity index (χ4v) is 3.72. The topological polar surface area (TPSA) is 62.2 Å². The van der Waals surface area contributed by atoms with Crippen LogP contribution in [0.3, 0.4) is 0 Å². The summed E-state index contributed by atoms with van der Waals surface area (Å²) in [5, 5.41) is 8.74. The Hall–Kier alpha value is -1.68. The van der Waals surface area contributed by atoms with Crippen molar-refractivity contribution in [2.45, 2.75) is 39.9 Å². The zero-order valence-corrected chi connectivity index (χ0v) is 15.8. The Morgan fingerprint density at radius 2 is 2.00 bits per heavy atom. The van der Waals surface area contributed by atoms with Crippen molar-refractivity contribution in [3.8, 4) is 0 Å². The van der Waals surface area contributed by atoms with Crippen LogP contribution < -0.4 is 10.6 Å². The first-order chi connectivity index (χ1) is 11.8. The number of nitrogens with one attached hydrogen (secondary N) is 2. The second-order valence-corrected chi connectivity index (χ2v) is 7.47. The van der Waals surface area contributed by atoms with Crippen LogP contribution in [0, 0.1) is 13.8 Å². The molecule has 2 aromatic rings. The van der Waals surface area contributed by atoms with E-state index in [0.29, 0.717) is 37.0 Å². The van der Waals surface area contributed by atoms with E-state index >= 15 is 0 Å². The molecule has 0 atom stereocenters. The lowest BCUT2D eigenvalue weighted by Crippen LogP contribution is -2.38. The summed E-state index contributed by atoms with van der Waals surface area (Å²) in [6.07, 6.45) is -3.98. The third kappa shape index (κ3) is 5.96. The largest absolute Gasteiger partial charge is 0.434 e. The van der Waals surface area contributed by atoms with Crippen molar-refractivity contribution in [1.82, 2.24) is 20.6 Å². The number of halogens is 3. The average Bonchev–Trinajstić information content (AvgIpc) is 3.11. The Morgan fingerprint density at radius 1 is 1.24 bits per heavy atom. The van der Waals surface area contributed by atoms with Crippen LogP contribution >= 0.6 is 22.7 Å². The molecule has 0 saturated heterocycles. The van der Waals surface area contributed by atoms with Gasteiger partial charge in [0, 0.05) is 29.8 Å². The van der Waals surface area contributed by atoms with Crippen molar-refractivity contribution in [3.05, 3.63) is 31.7 Å². The SMILES string of the molecule is CCNC(=NCc1sc(C)nc1C)NCCc1nc(C(F)(F)F)cs1. The van der Waals surface area contributed by atoms with Crippen molar-refractivity contribution < 1.29 is 13.2 Å². The molecule has 5 nitrogen and oxygen atoms in total. The van der Waals surface area contributed by atoms with Crippen molar-refractivity contribution >= 4 is 28.6 Å². The van der Waals surface area contributed by atoms with Crippen LogP contribution in [0.4, 0.5) is 13.2 Å². The molecular weight excluding hydrogens is 371 g/mol. The molecule has 2 rings (SSSR count). The van der Waals surface area contributed by atoms with E-state index in [1.54, 1.807) is 11.3 Å². The maximum atomic E-state index is 12.5. The highest BCUT2D eigenvalue weighted by Crippen LogP contribution is 2.30. The molecule has 0 aliphatic rings. The summed E-state index contributed by atoms with van der Waals surface area (Å²) in [4.78, 5) is 13.6. The Bertz CT molecular complexity index is 721. The molecule has 0 amide bonds. The van der Waals surface area contributed by atoms with Crippen LogP contribution in [-0.2, 0) is 19.1 Å². The molecule has 0 bridgehead atoms. The van der Waals surface area contributed by atoms with Gasteiger partial charge in [0.15, 0.2) is 11.7 Å². The third-order valence-corrected chi connectivity index (χ3v) is 5.16. The van der Waals surface area contributed by atoms with Crippen LogP contribution in [0.15, 0.2) is 10.4 Å². The van der Waals surface area contributed by atoms with Gasteiger partial charge >= 0.3 is 6.18 Å². The highest BCUT2D eigenvalue weighted by Gasteiger charge is 2.33. The first kappa shape index (κ1) is 19.6. The molecule has 0 aliphatic carbocycles. The lowest BCUT2D eigenvalue weighted by molar-refractivity contribution is -0.140. The maximum absolute atomic E-state index is 12.5. The Labute approximate surface area is 152 Å². The minimum Gasteiger partial charge on any atom is -0.357 e. The van der Waals surface area contributed by atoms with Gasteiger partial charge in [-0.2, -0.15) is 13.2 Å². The molecule has 25 heavy (non-hydrogen) atoms. The number of aliphatic imine (C=N–C) groups is 1. The van der Waals surface area contributed by atoms with Crippen LogP contribution in [0.5, 0.6) is 0 Å². The molecule has 0 radical (unpaired) electrons. The van der Waals surface area contributed by atoms with Gasteiger partial charge in [0.1, 0.15) is 0 Å². The first-order valence-corrected chi connectivity index (χ1v) is 9.46. The molecule has 0 aromatic carbocycles. The Morgan fingerprint density at radius 3 is 2.56 bits per heavy atom. The summed E-state index contributed by atoms with van der Waals surface area (Å²) in [6, 6.07) is 0. The van der Waals surface area contributed by atoms with E-state index in [9.17, 15) is 13.2 Å². The van der Waals surface area contributed by atoms with Crippen molar-refractivity contribution in [2.24, 2.45) is 4.99 Å². The Kier molecular flexibility index (Phi) is 6.77. The number of thiazole rings is 2. The fraction of sp³-hybridized carbons (Fsp3) is 0.533. The second-order valence-electron chi connectivity index (χ2n) is 5.24. The number of alkyl halides is 3.